The highest BCUT2D eigenvalue weighted by molar-refractivity contribution is 7.13. The van der Waals surface area contributed by atoms with E-state index >= 15 is 0 Å². The first-order valence-corrected chi connectivity index (χ1v) is 8.30. The quantitative estimate of drug-likeness (QED) is 0.590. The monoisotopic (exact) mass is 349 g/mol. The molecule has 24 heavy (non-hydrogen) atoms. The summed E-state index contributed by atoms with van der Waals surface area (Å²) in [6.45, 7) is 4.44. The van der Waals surface area contributed by atoms with Gasteiger partial charge in [0, 0.05) is 36.2 Å². The van der Waals surface area contributed by atoms with Crippen molar-refractivity contribution < 1.29 is 14.8 Å². The molecule has 7 nitrogen and oxygen atoms in total. The fourth-order valence-corrected chi connectivity index (χ4v) is 2.84. The van der Waals surface area contributed by atoms with Crippen LogP contribution in [-0.2, 0) is 0 Å². The number of aliphatic hydroxyl groups is 1. The summed E-state index contributed by atoms with van der Waals surface area (Å²) in [6.07, 6.45) is 0.596. The molecule has 1 amide bonds. The van der Waals surface area contributed by atoms with Crippen molar-refractivity contribution in [1.82, 2.24) is 10.3 Å². The summed E-state index contributed by atoms with van der Waals surface area (Å²) in [5.41, 5.74) is 0.861. The molecule has 0 saturated carbocycles. The molecule has 2 rings (SSSR count). The normalized spacial score (nSPS) is 11.3. The standard InChI is InChI=1S/C16H19N3O4S/c1-16(2,7-8-20)10-17-14(21)13-9-24-15(18-13)11-3-5-12(6-4-11)19(22)23/h3-6,9,20H,7-8,10H2,1-2H3,(H,17,21). The highest BCUT2D eigenvalue weighted by Crippen LogP contribution is 2.26. The zero-order valence-corrected chi connectivity index (χ0v) is 14.3. The number of nitrogens with one attached hydrogen (secondary N) is 1. The number of carbonyl (C=O) groups is 1. The number of hydrogen-bond acceptors (Lipinski definition) is 6. The lowest BCUT2D eigenvalue weighted by atomic mass is 9.90. The average Bonchev–Trinajstić information content (AvgIpc) is 3.03. The van der Waals surface area contributed by atoms with Crippen molar-refractivity contribution in [3.8, 4) is 10.6 Å². The Kier molecular flexibility index (Phi) is 5.63. The first kappa shape index (κ1) is 18.0. The number of aliphatic hydroxyl groups excluding tert-OH is 1. The van der Waals surface area contributed by atoms with Crippen LogP contribution < -0.4 is 5.32 Å². The van der Waals surface area contributed by atoms with Crippen molar-refractivity contribution in [3.63, 3.8) is 0 Å². The van der Waals surface area contributed by atoms with E-state index in [2.05, 4.69) is 10.3 Å². The molecule has 0 aliphatic heterocycles. The third-order valence-corrected chi connectivity index (χ3v) is 4.47. The Morgan fingerprint density at radius 2 is 2.04 bits per heavy atom. The summed E-state index contributed by atoms with van der Waals surface area (Å²) in [7, 11) is 0. The van der Waals surface area contributed by atoms with Crippen LogP contribution in [0, 0.1) is 15.5 Å². The van der Waals surface area contributed by atoms with E-state index in [0.29, 0.717) is 23.7 Å². The van der Waals surface area contributed by atoms with Crippen molar-refractivity contribution in [1.29, 1.82) is 0 Å². The summed E-state index contributed by atoms with van der Waals surface area (Å²) in [5, 5.41) is 24.8. The maximum atomic E-state index is 12.2. The van der Waals surface area contributed by atoms with Gasteiger partial charge in [-0.1, -0.05) is 13.8 Å². The lowest BCUT2D eigenvalue weighted by molar-refractivity contribution is -0.384. The van der Waals surface area contributed by atoms with Gasteiger partial charge in [0.25, 0.3) is 11.6 Å². The molecule has 1 aromatic carbocycles. The molecule has 0 bridgehead atoms. The number of nitro groups is 1. The number of aromatic nitrogens is 1. The van der Waals surface area contributed by atoms with Crippen LogP contribution in [-0.4, -0.2) is 34.1 Å². The Morgan fingerprint density at radius 3 is 2.62 bits per heavy atom. The first-order chi connectivity index (χ1) is 11.3. The van der Waals surface area contributed by atoms with Gasteiger partial charge in [0.2, 0.25) is 0 Å². The van der Waals surface area contributed by atoms with Crippen molar-refractivity contribution in [3.05, 3.63) is 45.5 Å². The predicted molar refractivity (Wildman–Crippen MR) is 92.0 cm³/mol. The van der Waals surface area contributed by atoms with E-state index in [1.165, 1.54) is 23.5 Å². The number of non-ortho nitro benzene ring substituents is 1. The molecule has 2 N–H and O–H groups in total. The summed E-state index contributed by atoms with van der Waals surface area (Å²) in [4.78, 5) is 26.7. The van der Waals surface area contributed by atoms with Gasteiger partial charge in [0.05, 0.1) is 4.92 Å². The van der Waals surface area contributed by atoms with Crippen LogP contribution in [0.25, 0.3) is 10.6 Å². The lowest BCUT2D eigenvalue weighted by Gasteiger charge is -2.23. The van der Waals surface area contributed by atoms with Gasteiger partial charge in [0.1, 0.15) is 10.7 Å². The van der Waals surface area contributed by atoms with Crippen molar-refractivity contribution >= 4 is 22.9 Å². The molecule has 0 aliphatic carbocycles. The summed E-state index contributed by atoms with van der Waals surface area (Å²) in [5.74, 6) is -0.273. The van der Waals surface area contributed by atoms with Gasteiger partial charge in [-0.05, 0) is 24.0 Å². The van der Waals surface area contributed by atoms with E-state index in [9.17, 15) is 14.9 Å². The molecule has 0 unspecified atom stereocenters. The highest BCUT2D eigenvalue weighted by atomic mass is 32.1. The second-order valence-corrected chi connectivity index (χ2v) is 7.02. The molecule has 1 aromatic heterocycles. The minimum atomic E-state index is -0.460. The van der Waals surface area contributed by atoms with Crippen LogP contribution in [0.15, 0.2) is 29.6 Å². The number of amides is 1. The maximum absolute atomic E-state index is 12.2. The second kappa shape index (κ2) is 7.50. The third-order valence-electron chi connectivity index (χ3n) is 3.58. The summed E-state index contributed by atoms with van der Waals surface area (Å²) >= 11 is 1.31. The smallest absolute Gasteiger partial charge is 0.270 e. The second-order valence-electron chi connectivity index (χ2n) is 6.16. The zero-order chi connectivity index (χ0) is 17.7. The molecule has 8 heteroatoms. The number of benzene rings is 1. The Morgan fingerprint density at radius 1 is 1.38 bits per heavy atom. The van der Waals surface area contributed by atoms with Gasteiger partial charge in [-0.2, -0.15) is 0 Å². The zero-order valence-electron chi connectivity index (χ0n) is 13.5. The lowest BCUT2D eigenvalue weighted by Crippen LogP contribution is -2.34. The van der Waals surface area contributed by atoms with Crippen molar-refractivity contribution in [2.24, 2.45) is 5.41 Å². The van der Waals surface area contributed by atoms with Crippen LogP contribution >= 0.6 is 11.3 Å². The largest absolute Gasteiger partial charge is 0.396 e. The molecule has 0 fully saturated rings. The van der Waals surface area contributed by atoms with E-state index in [1.54, 1.807) is 17.5 Å². The molecule has 0 saturated heterocycles. The van der Waals surface area contributed by atoms with Crippen molar-refractivity contribution in [2.75, 3.05) is 13.2 Å². The fourth-order valence-electron chi connectivity index (χ4n) is 2.04. The highest BCUT2D eigenvalue weighted by Gasteiger charge is 2.20. The van der Waals surface area contributed by atoms with Crippen LogP contribution in [0.3, 0.4) is 0 Å². The number of rotatable bonds is 7. The van der Waals surface area contributed by atoms with Crippen LogP contribution in [0.5, 0.6) is 0 Å². The van der Waals surface area contributed by atoms with Gasteiger partial charge in [-0.3, -0.25) is 14.9 Å². The van der Waals surface area contributed by atoms with Crippen LogP contribution in [0.2, 0.25) is 0 Å². The SMILES string of the molecule is CC(C)(CCO)CNC(=O)c1csc(-c2ccc([N+](=O)[O-])cc2)n1. The topological polar surface area (TPSA) is 105 Å². The molecule has 128 valence electrons. The molecule has 0 atom stereocenters. The molecule has 0 spiro atoms. The maximum Gasteiger partial charge on any atom is 0.270 e. The van der Waals surface area contributed by atoms with Gasteiger partial charge in [-0.15, -0.1) is 11.3 Å². The minimum absolute atomic E-state index is 0.0133. The summed E-state index contributed by atoms with van der Waals surface area (Å²) < 4.78 is 0. The van der Waals surface area contributed by atoms with E-state index < -0.39 is 4.92 Å². The molecule has 2 aromatic rings. The molecular formula is C16H19N3O4S. The van der Waals surface area contributed by atoms with E-state index in [0.717, 1.165) is 5.56 Å². The molecule has 1 heterocycles. The summed E-state index contributed by atoms with van der Waals surface area (Å²) in [6, 6.07) is 6.05. The van der Waals surface area contributed by atoms with Gasteiger partial charge >= 0.3 is 0 Å². The minimum Gasteiger partial charge on any atom is -0.396 e. The van der Waals surface area contributed by atoms with Gasteiger partial charge < -0.3 is 10.4 Å². The van der Waals surface area contributed by atoms with E-state index in [1.807, 2.05) is 13.8 Å². The van der Waals surface area contributed by atoms with E-state index in [4.69, 9.17) is 5.11 Å². The molecule has 0 aliphatic rings. The average molecular weight is 349 g/mol. The van der Waals surface area contributed by atoms with Gasteiger partial charge in [-0.25, -0.2) is 4.98 Å². The number of nitro benzene ring substituents is 1. The number of hydrogen-bond donors (Lipinski definition) is 2. The van der Waals surface area contributed by atoms with Gasteiger partial charge in [0.15, 0.2) is 0 Å². The Balaban J connectivity index is 2.04. The molecular weight excluding hydrogens is 330 g/mol. The first-order valence-electron chi connectivity index (χ1n) is 7.42. The Labute approximate surface area is 143 Å². The number of nitrogens with zero attached hydrogens (tertiary/aromatic N) is 2. The number of thiazole rings is 1. The predicted octanol–water partition coefficient (Wildman–Crippen LogP) is 2.86. The molecule has 0 radical (unpaired) electrons. The Bertz CT molecular complexity index is 725. The van der Waals surface area contributed by atoms with Crippen LogP contribution in [0.1, 0.15) is 30.8 Å². The third kappa shape index (κ3) is 4.59. The van der Waals surface area contributed by atoms with Crippen molar-refractivity contribution in [2.45, 2.75) is 20.3 Å². The fraction of sp³-hybridized carbons (Fsp3) is 0.375. The van der Waals surface area contributed by atoms with E-state index in [-0.39, 0.29) is 23.6 Å². The Hall–Kier alpha value is -2.32. The van der Waals surface area contributed by atoms with Crippen LogP contribution in [0.4, 0.5) is 5.69 Å². The number of carbonyl (C=O) groups excluding carboxylic acids is 1.